The molecule has 0 aliphatic rings. The van der Waals surface area contributed by atoms with Gasteiger partial charge < -0.3 is 10.1 Å². The highest BCUT2D eigenvalue weighted by Gasteiger charge is 2.18. The fraction of sp³-hybridized carbons (Fsp3) is 0.250. The van der Waals surface area contributed by atoms with Crippen molar-refractivity contribution in [2.24, 2.45) is 0 Å². The number of carbonyl (C=O) groups is 1. The molecule has 0 radical (unpaired) electrons. The molecule has 0 spiro atoms. The number of nitrogens with zero attached hydrogens (tertiary/aromatic N) is 1. The fourth-order valence-electron chi connectivity index (χ4n) is 1.76. The van der Waals surface area contributed by atoms with Gasteiger partial charge >= 0.3 is 0 Å². The van der Waals surface area contributed by atoms with Crippen molar-refractivity contribution in [3.05, 3.63) is 47.6 Å². The minimum atomic E-state index is -0.331. The van der Waals surface area contributed by atoms with Gasteiger partial charge in [-0.1, -0.05) is 35.5 Å². The standard InChI is InChI=1S/C16H17ClN2O2S/c1-3-21-14-9-5-4-8-13(14)19-15(20)11(2)22-16-12(17)7-6-10-18-16/h4-11H,3H2,1-2H3,(H,19,20). The number of anilines is 1. The van der Waals surface area contributed by atoms with E-state index in [1.807, 2.05) is 38.1 Å². The van der Waals surface area contributed by atoms with Crippen molar-refractivity contribution in [1.82, 2.24) is 4.98 Å². The molecule has 0 fully saturated rings. The zero-order valence-electron chi connectivity index (χ0n) is 12.4. The first-order valence-electron chi connectivity index (χ1n) is 6.91. The Morgan fingerprint density at radius 1 is 1.36 bits per heavy atom. The molecule has 0 saturated carbocycles. The Kier molecular flexibility index (Phi) is 6.10. The molecule has 1 aromatic heterocycles. The highest BCUT2D eigenvalue weighted by molar-refractivity contribution is 8.00. The van der Waals surface area contributed by atoms with Crippen LogP contribution in [0, 0.1) is 0 Å². The van der Waals surface area contributed by atoms with E-state index in [0.717, 1.165) is 0 Å². The van der Waals surface area contributed by atoms with Crippen LogP contribution in [0.4, 0.5) is 5.69 Å². The lowest BCUT2D eigenvalue weighted by molar-refractivity contribution is -0.115. The molecule has 2 aromatic rings. The predicted molar refractivity (Wildman–Crippen MR) is 90.8 cm³/mol. The van der Waals surface area contributed by atoms with Gasteiger partial charge in [-0.15, -0.1) is 0 Å². The maximum absolute atomic E-state index is 12.3. The molecule has 22 heavy (non-hydrogen) atoms. The second kappa shape index (κ2) is 8.06. The topological polar surface area (TPSA) is 51.2 Å². The minimum absolute atomic E-state index is 0.126. The summed E-state index contributed by atoms with van der Waals surface area (Å²) in [6.07, 6.45) is 1.66. The van der Waals surface area contributed by atoms with Gasteiger partial charge in [0, 0.05) is 6.20 Å². The molecule has 2 rings (SSSR count). The van der Waals surface area contributed by atoms with Gasteiger partial charge in [-0.2, -0.15) is 0 Å². The summed E-state index contributed by atoms with van der Waals surface area (Å²) >= 11 is 7.39. The van der Waals surface area contributed by atoms with E-state index >= 15 is 0 Å². The second-order valence-electron chi connectivity index (χ2n) is 4.47. The van der Waals surface area contributed by atoms with Crippen molar-refractivity contribution in [3.63, 3.8) is 0 Å². The lowest BCUT2D eigenvalue weighted by atomic mass is 10.3. The summed E-state index contributed by atoms with van der Waals surface area (Å²) in [4.78, 5) is 16.5. The van der Waals surface area contributed by atoms with E-state index in [2.05, 4.69) is 10.3 Å². The van der Waals surface area contributed by atoms with Crippen molar-refractivity contribution in [2.45, 2.75) is 24.1 Å². The van der Waals surface area contributed by atoms with E-state index in [-0.39, 0.29) is 11.2 Å². The Bertz CT molecular complexity index is 652. The van der Waals surface area contributed by atoms with Gasteiger partial charge in [0.15, 0.2) is 0 Å². The van der Waals surface area contributed by atoms with Gasteiger partial charge in [0.2, 0.25) is 5.91 Å². The quantitative estimate of drug-likeness (QED) is 0.801. The zero-order valence-corrected chi connectivity index (χ0v) is 13.9. The molecule has 0 saturated heterocycles. The van der Waals surface area contributed by atoms with E-state index in [9.17, 15) is 4.79 Å². The van der Waals surface area contributed by atoms with E-state index in [1.54, 1.807) is 18.3 Å². The third kappa shape index (κ3) is 4.39. The number of aromatic nitrogens is 1. The molecule has 1 amide bonds. The van der Waals surface area contributed by atoms with E-state index in [4.69, 9.17) is 16.3 Å². The van der Waals surface area contributed by atoms with Gasteiger partial charge in [0.05, 0.1) is 22.6 Å². The number of amides is 1. The summed E-state index contributed by atoms with van der Waals surface area (Å²) in [6, 6.07) is 10.9. The number of hydrogen-bond acceptors (Lipinski definition) is 4. The molecule has 1 aromatic carbocycles. The molecule has 0 aliphatic heterocycles. The van der Waals surface area contributed by atoms with Crippen molar-refractivity contribution in [1.29, 1.82) is 0 Å². The summed E-state index contributed by atoms with van der Waals surface area (Å²) in [7, 11) is 0. The largest absolute Gasteiger partial charge is 0.492 e. The average molecular weight is 337 g/mol. The number of nitrogens with one attached hydrogen (secondary N) is 1. The SMILES string of the molecule is CCOc1ccccc1NC(=O)C(C)Sc1ncccc1Cl. The molecule has 6 heteroatoms. The fourth-order valence-corrected chi connectivity index (χ4v) is 2.82. The maximum Gasteiger partial charge on any atom is 0.237 e. The summed E-state index contributed by atoms with van der Waals surface area (Å²) in [5.41, 5.74) is 0.661. The number of para-hydroxylation sites is 2. The van der Waals surface area contributed by atoms with Crippen molar-refractivity contribution >= 4 is 35.0 Å². The number of pyridine rings is 1. The molecule has 0 bridgehead atoms. The Morgan fingerprint density at radius 3 is 2.86 bits per heavy atom. The van der Waals surface area contributed by atoms with Crippen LogP contribution in [0.15, 0.2) is 47.6 Å². The summed E-state index contributed by atoms with van der Waals surface area (Å²) in [5.74, 6) is 0.533. The second-order valence-corrected chi connectivity index (χ2v) is 6.21. The predicted octanol–water partition coefficient (Wildman–Crippen LogP) is 4.25. The molecule has 1 N–H and O–H groups in total. The number of ether oxygens (including phenoxy) is 1. The van der Waals surface area contributed by atoms with E-state index in [0.29, 0.717) is 28.1 Å². The van der Waals surface area contributed by atoms with Crippen LogP contribution in [0.2, 0.25) is 5.02 Å². The highest BCUT2D eigenvalue weighted by Crippen LogP contribution is 2.29. The molecule has 4 nitrogen and oxygen atoms in total. The highest BCUT2D eigenvalue weighted by atomic mass is 35.5. The Labute approximate surface area is 139 Å². The van der Waals surface area contributed by atoms with Crippen LogP contribution in [-0.4, -0.2) is 22.7 Å². The summed E-state index contributed by atoms with van der Waals surface area (Å²) in [5, 5.41) is 3.73. The first-order chi connectivity index (χ1) is 10.6. The van der Waals surface area contributed by atoms with Gasteiger partial charge in [-0.3, -0.25) is 4.79 Å². The normalized spacial score (nSPS) is 11.8. The van der Waals surface area contributed by atoms with E-state index < -0.39 is 0 Å². The smallest absolute Gasteiger partial charge is 0.237 e. The van der Waals surface area contributed by atoms with Crippen LogP contribution >= 0.6 is 23.4 Å². The molecular weight excluding hydrogens is 320 g/mol. The molecule has 0 aliphatic carbocycles. The van der Waals surface area contributed by atoms with Crippen LogP contribution < -0.4 is 10.1 Å². The van der Waals surface area contributed by atoms with Gasteiger partial charge in [-0.25, -0.2) is 4.98 Å². The first-order valence-corrected chi connectivity index (χ1v) is 8.17. The number of carbonyl (C=O) groups excluding carboxylic acids is 1. The van der Waals surface area contributed by atoms with Crippen molar-refractivity contribution < 1.29 is 9.53 Å². The lowest BCUT2D eigenvalue weighted by Crippen LogP contribution is -2.22. The van der Waals surface area contributed by atoms with Crippen LogP contribution in [0.1, 0.15) is 13.8 Å². The molecule has 1 heterocycles. The maximum atomic E-state index is 12.3. The minimum Gasteiger partial charge on any atom is -0.492 e. The van der Waals surface area contributed by atoms with E-state index in [1.165, 1.54) is 11.8 Å². The van der Waals surface area contributed by atoms with Crippen LogP contribution in [-0.2, 0) is 4.79 Å². The van der Waals surface area contributed by atoms with Crippen LogP contribution in [0.3, 0.4) is 0 Å². The van der Waals surface area contributed by atoms with Crippen molar-refractivity contribution in [2.75, 3.05) is 11.9 Å². The molecule has 1 unspecified atom stereocenters. The van der Waals surface area contributed by atoms with Gasteiger partial charge in [0.25, 0.3) is 0 Å². The van der Waals surface area contributed by atoms with Gasteiger partial charge in [0.1, 0.15) is 10.8 Å². The van der Waals surface area contributed by atoms with Crippen LogP contribution in [0.25, 0.3) is 0 Å². The summed E-state index contributed by atoms with van der Waals surface area (Å²) < 4.78 is 5.50. The Balaban J connectivity index is 2.04. The number of benzene rings is 1. The number of hydrogen-bond donors (Lipinski definition) is 1. The van der Waals surface area contributed by atoms with Crippen molar-refractivity contribution in [3.8, 4) is 5.75 Å². The lowest BCUT2D eigenvalue weighted by Gasteiger charge is -2.14. The third-order valence-electron chi connectivity index (χ3n) is 2.83. The number of thioether (sulfide) groups is 1. The third-order valence-corrected chi connectivity index (χ3v) is 4.36. The summed E-state index contributed by atoms with van der Waals surface area (Å²) in [6.45, 7) is 4.26. The number of rotatable bonds is 6. The zero-order chi connectivity index (χ0) is 15.9. The Hall–Kier alpha value is -1.72. The molecule has 1 atom stereocenters. The average Bonchev–Trinajstić information content (AvgIpc) is 2.51. The Morgan fingerprint density at radius 2 is 2.14 bits per heavy atom. The molecule has 116 valence electrons. The number of halogens is 1. The van der Waals surface area contributed by atoms with Gasteiger partial charge in [-0.05, 0) is 38.1 Å². The molecular formula is C16H17ClN2O2S. The monoisotopic (exact) mass is 336 g/mol. The first kappa shape index (κ1) is 16.6. The van der Waals surface area contributed by atoms with Crippen LogP contribution in [0.5, 0.6) is 5.75 Å².